The molecule has 2 rings (SSSR count). The smallest absolute Gasteiger partial charge is 0.351 e. The number of aliphatic carboxylic acids is 1. The first-order chi connectivity index (χ1) is 6.48. The van der Waals surface area contributed by atoms with Crippen LogP contribution < -0.4 is 5.32 Å². The second-order valence-corrected chi connectivity index (χ2v) is 5.54. The molecule has 14 heavy (non-hydrogen) atoms. The fraction of sp³-hybridized carbons (Fsp3) is 0.667. The second kappa shape index (κ2) is 3.31. The van der Waals surface area contributed by atoms with Crippen LogP contribution in [0.2, 0.25) is 0 Å². The number of fused-ring (bicyclic) bond motifs is 1. The van der Waals surface area contributed by atoms with Gasteiger partial charge in [0.25, 0.3) is 0 Å². The zero-order valence-corrected chi connectivity index (χ0v) is 8.98. The van der Waals surface area contributed by atoms with Gasteiger partial charge in [0, 0.05) is 12.0 Å². The third kappa shape index (κ3) is 1.84. The molecule has 1 heterocycles. The Morgan fingerprint density at radius 1 is 1.64 bits per heavy atom. The van der Waals surface area contributed by atoms with E-state index in [4.69, 9.17) is 28.3 Å². The van der Waals surface area contributed by atoms with Crippen LogP contribution in [0.5, 0.6) is 0 Å². The monoisotopic (exact) mass is 235 g/mol. The predicted molar refractivity (Wildman–Crippen MR) is 54.4 cm³/mol. The lowest BCUT2D eigenvalue weighted by atomic mass is 9.86. The van der Waals surface area contributed by atoms with E-state index in [9.17, 15) is 4.79 Å². The van der Waals surface area contributed by atoms with Crippen molar-refractivity contribution in [3.63, 3.8) is 0 Å². The Morgan fingerprint density at radius 2 is 2.36 bits per heavy atom. The van der Waals surface area contributed by atoms with Gasteiger partial charge in [-0.15, -0.1) is 23.2 Å². The van der Waals surface area contributed by atoms with Crippen molar-refractivity contribution in [2.24, 2.45) is 5.92 Å². The van der Waals surface area contributed by atoms with Gasteiger partial charge < -0.3 is 10.4 Å². The first-order valence-electron chi connectivity index (χ1n) is 4.57. The molecule has 0 bridgehead atoms. The average molecular weight is 236 g/mol. The zero-order valence-electron chi connectivity index (χ0n) is 7.46. The van der Waals surface area contributed by atoms with E-state index in [-0.39, 0.29) is 17.7 Å². The van der Waals surface area contributed by atoms with Crippen molar-refractivity contribution in [2.75, 3.05) is 0 Å². The maximum absolute atomic E-state index is 10.7. The van der Waals surface area contributed by atoms with Gasteiger partial charge in [0.05, 0.1) is 0 Å². The maximum atomic E-state index is 10.7. The van der Waals surface area contributed by atoms with Gasteiger partial charge in [-0.25, -0.2) is 4.79 Å². The molecule has 78 valence electrons. The molecular formula is C9H11Cl2NO2. The van der Waals surface area contributed by atoms with Crippen LogP contribution in [0.3, 0.4) is 0 Å². The van der Waals surface area contributed by atoms with Gasteiger partial charge in [0.1, 0.15) is 10.0 Å². The van der Waals surface area contributed by atoms with Crippen LogP contribution in [0.4, 0.5) is 0 Å². The number of halogens is 2. The third-order valence-corrected chi connectivity index (χ3v) is 3.51. The molecule has 3 nitrogen and oxygen atoms in total. The summed E-state index contributed by atoms with van der Waals surface area (Å²) in [6, 6.07) is 0.201. The first kappa shape index (κ1) is 10.1. The lowest BCUT2D eigenvalue weighted by Gasteiger charge is -2.33. The Balaban J connectivity index is 2.11. The highest BCUT2D eigenvalue weighted by molar-refractivity contribution is 6.48. The summed E-state index contributed by atoms with van der Waals surface area (Å²) in [7, 11) is 0. The molecule has 2 unspecified atom stereocenters. The van der Waals surface area contributed by atoms with Gasteiger partial charge in [-0.1, -0.05) is 0 Å². The molecule has 2 atom stereocenters. The lowest BCUT2D eigenvalue weighted by Crippen LogP contribution is -2.38. The molecule has 0 saturated heterocycles. The number of carboxylic acid groups (broad SMARTS) is 1. The van der Waals surface area contributed by atoms with Crippen molar-refractivity contribution in [1.29, 1.82) is 0 Å². The summed E-state index contributed by atoms with van der Waals surface area (Å²) >= 11 is 12.1. The highest BCUT2D eigenvalue weighted by Gasteiger charge is 2.41. The van der Waals surface area contributed by atoms with Crippen molar-refractivity contribution < 1.29 is 9.90 Å². The van der Waals surface area contributed by atoms with Gasteiger partial charge in [-0.3, -0.25) is 0 Å². The number of alkyl halides is 2. The molecule has 0 radical (unpaired) electrons. The first-order valence-corrected chi connectivity index (χ1v) is 5.33. The van der Waals surface area contributed by atoms with Crippen molar-refractivity contribution in [1.82, 2.24) is 5.32 Å². The maximum Gasteiger partial charge on any atom is 0.351 e. The minimum Gasteiger partial charge on any atom is -0.477 e. The Kier molecular flexibility index (Phi) is 2.40. The van der Waals surface area contributed by atoms with Crippen molar-refractivity contribution in [2.45, 2.75) is 29.6 Å². The van der Waals surface area contributed by atoms with E-state index in [2.05, 4.69) is 5.32 Å². The number of carboxylic acids is 1. The van der Waals surface area contributed by atoms with E-state index < -0.39 is 10.3 Å². The summed E-state index contributed by atoms with van der Waals surface area (Å²) in [6.07, 6.45) is 3.90. The zero-order chi connectivity index (χ0) is 10.3. The largest absolute Gasteiger partial charge is 0.477 e. The predicted octanol–water partition coefficient (Wildman–Crippen LogP) is 1.90. The molecule has 0 aromatic carbocycles. The number of nitrogens with one attached hydrogen (secondary N) is 1. The quantitative estimate of drug-likeness (QED) is 0.683. The summed E-state index contributed by atoms with van der Waals surface area (Å²) in [5.41, 5.74) is 0.283. The lowest BCUT2D eigenvalue weighted by molar-refractivity contribution is -0.133. The Bertz CT molecular complexity index is 301. The number of hydrogen-bond acceptors (Lipinski definition) is 2. The molecule has 0 amide bonds. The van der Waals surface area contributed by atoms with Crippen LogP contribution in [0.25, 0.3) is 0 Å². The van der Waals surface area contributed by atoms with E-state index >= 15 is 0 Å². The van der Waals surface area contributed by atoms with Gasteiger partial charge in [-0.2, -0.15) is 0 Å². The molecule has 2 aliphatic rings. The summed E-state index contributed by atoms with van der Waals surface area (Å²) in [6.45, 7) is 0. The molecule has 1 saturated carbocycles. The standard InChI is InChI=1S/C9H11Cl2NO2/c10-9(11)2-1-6-5(4-9)3-7(12-6)8(13)14/h3,5-6,12H,1-2,4H2,(H,13,14). The average Bonchev–Trinajstić information content (AvgIpc) is 2.45. The SMILES string of the molecule is O=C(O)C1=CC2CC(Cl)(Cl)CCC2N1. The van der Waals surface area contributed by atoms with E-state index in [1.54, 1.807) is 6.08 Å². The molecule has 0 aromatic rings. The highest BCUT2D eigenvalue weighted by Crippen LogP contribution is 2.43. The van der Waals surface area contributed by atoms with Gasteiger partial charge in [0.2, 0.25) is 0 Å². The molecule has 5 heteroatoms. The molecular weight excluding hydrogens is 225 g/mol. The summed E-state index contributed by atoms with van der Waals surface area (Å²) in [5.74, 6) is -0.751. The van der Waals surface area contributed by atoms with Crippen LogP contribution in [0, 0.1) is 5.92 Å². The minimum atomic E-state index is -0.908. The summed E-state index contributed by atoms with van der Waals surface area (Å²) in [5, 5.41) is 11.8. The molecule has 2 N–H and O–H groups in total. The van der Waals surface area contributed by atoms with E-state index in [1.807, 2.05) is 0 Å². The summed E-state index contributed by atoms with van der Waals surface area (Å²) in [4.78, 5) is 10.7. The van der Waals surface area contributed by atoms with Crippen molar-refractivity contribution in [3.8, 4) is 0 Å². The fourth-order valence-electron chi connectivity index (χ4n) is 2.12. The van der Waals surface area contributed by atoms with E-state index in [1.165, 1.54) is 0 Å². The van der Waals surface area contributed by atoms with Crippen LogP contribution in [0.1, 0.15) is 19.3 Å². The molecule has 0 spiro atoms. The van der Waals surface area contributed by atoms with Gasteiger partial charge in [0.15, 0.2) is 0 Å². The second-order valence-electron chi connectivity index (χ2n) is 3.90. The Labute approximate surface area is 92.1 Å². The molecule has 0 aromatic heterocycles. The topological polar surface area (TPSA) is 49.3 Å². The Morgan fingerprint density at radius 3 is 3.00 bits per heavy atom. The van der Waals surface area contributed by atoms with Gasteiger partial charge >= 0.3 is 5.97 Å². The van der Waals surface area contributed by atoms with E-state index in [0.717, 1.165) is 6.42 Å². The van der Waals surface area contributed by atoms with Crippen molar-refractivity contribution in [3.05, 3.63) is 11.8 Å². The summed E-state index contributed by atoms with van der Waals surface area (Å²) < 4.78 is -0.687. The van der Waals surface area contributed by atoms with E-state index in [0.29, 0.717) is 12.8 Å². The highest BCUT2D eigenvalue weighted by atomic mass is 35.5. The molecule has 1 aliphatic carbocycles. The Hall–Kier alpha value is -0.410. The normalized spacial score (nSPS) is 34.3. The van der Waals surface area contributed by atoms with Crippen LogP contribution >= 0.6 is 23.2 Å². The van der Waals surface area contributed by atoms with Crippen LogP contribution in [-0.2, 0) is 4.79 Å². The number of hydrogen-bond donors (Lipinski definition) is 2. The minimum absolute atomic E-state index is 0.157. The number of carbonyl (C=O) groups is 1. The van der Waals surface area contributed by atoms with Crippen LogP contribution in [0.15, 0.2) is 11.8 Å². The van der Waals surface area contributed by atoms with Crippen molar-refractivity contribution >= 4 is 29.2 Å². The molecule has 1 fully saturated rings. The van der Waals surface area contributed by atoms with Gasteiger partial charge in [-0.05, 0) is 25.3 Å². The fourth-order valence-corrected chi connectivity index (χ4v) is 2.69. The van der Waals surface area contributed by atoms with Crippen LogP contribution in [-0.4, -0.2) is 21.5 Å². The number of rotatable bonds is 1. The molecule has 1 aliphatic heterocycles. The third-order valence-electron chi connectivity index (χ3n) is 2.82.